The van der Waals surface area contributed by atoms with E-state index in [1.165, 1.54) is 25.3 Å². The van der Waals surface area contributed by atoms with E-state index in [-0.39, 0.29) is 11.4 Å². The second-order valence-corrected chi connectivity index (χ2v) is 5.50. The van der Waals surface area contributed by atoms with Crippen molar-refractivity contribution in [3.8, 4) is 0 Å². The Balaban J connectivity index is 2.17. The third-order valence-corrected chi connectivity index (χ3v) is 4.04. The Morgan fingerprint density at radius 3 is 2.76 bits per heavy atom. The zero-order valence-electron chi connectivity index (χ0n) is 10.8. The van der Waals surface area contributed by atoms with E-state index in [2.05, 4.69) is 19.2 Å². The van der Waals surface area contributed by atoms with Gasteiger partial charge in [0.05, 0.1) is 0 Å². The summed E-state index contributed by atoms with van der Waals surface area (Å²) in [6.45, 7) is 5.61. The van der Waals surface area contributed by atoms with Gasteiger partial charge >= 0.3 is 0 Å². The summed E-state index contributed by atoms with van der Waals surface area (Å²) in [5, 5.41) is 3.68. The number of hydrogen-bond acceptors (Lipinski definition) is 1. The van der Waals surface area contributed by atoms with E-state index in [0.717, 1.165) is 18.5 Å². The molecule has 1 aliphatic rings. The molecule has 1 N–H and O–H groups in total. The third-order valence-electron chi connectivity index (χ3n) is 4.04. The highest BCUT2D eigenvalue weighted by molar-refractivity contribution is 5.20. The lowest BCUT2D eigenvalue weighted by atomic mass is 9.75. The zero-order valence-corrected chi connectivity index (χ0v) is 10.8. The molecule has 1 unspecified atom stereocenters. The van der Waals surface area contributed by atoms with Gasteiger partial charge in [-0.2, -0.15) is 0 Å². The second-order valence-electron chi connectivity index (χ2n) is 5.50. The van der Waals surface area contributed by atoms with E-state index >= 15 is 0 Å². The predicted octanol–water partition coefficient (Wildman–Crippen LogP) is 3.54. The monoisotopic (exact) mass is 235 g/mol. The van der Waals surface area contributed by atoms with Crippen molar-refractivity contribution in [2.45, 2.75) is 45.1 Å². The van der Waals surface area contributed by atoms with Crippen LogP contribution in [0.4, 0.5) is 4.39 Å². The molecule has 0 aliphatic carbocycles. The summed E-state index contributed by atoms with van der Waals surface area (Å²) in [6.07, 6.45) is 4.67. The molecule has 1 nitrogen and oxygen atoms in total. The lowest BCUT2D eigenvalue weighted by molar-refractivity contribution is 0.182. The van der Waals surface area contributed by atoms with Gasteiger partial charge in [-0.3, -0.25) is 0 Å². The smallest absolute Gasteiger partial charge is 0.123 e. The highest BCUT2D eigenvalue weighted by Gasteiger charge is 2.34. The summed E-state index contributed by atoms with van der Waals surface area (Å²) < 4.78 is 13.2. The second kappa shape index (κ2) is 5.18. The molecule has 0 radical (unpaired) electrons. The van der Waals surface area contributed by atoms with E-state index in [4.69, 9.17) is 0 Å². The minimum Gasteiger partial charge on any atom is -0.311 e. The maximum absolute atomic E-state index is 13.2. The van der Waals surface area contributed by atoms with Gasteiger partial charge in [-0.15, -0.1) is 0 Å². The molecule has 0 amide bonds. The first kappa shape index (κ1) is 12.6. The molecule has 1 atom stereocenters. The Morgan fingerprint density at radius 1 is 1.35 bits per heavy atom. The van der Waals surface area contributed by atoms with E-state index in [9.17, 15) is 4.39 Å². The van der Waals surface area contributed by atoms with Crippen molar-refractivity contribution >= 4 is 0 Å². The van der Waals surface area contributed by atoms with Crippen LogP contribution in [0, 0.1) is 11.7 Å². The Bertz CT molecular complexity index is 367. The number of benzene rings is 1. The summed E-state index contributed by atoms with van der Waals surface area (Å²) in [5.41, 5.74) is 1.26. The molecule has 2 rings (SSSR count). The SMILES string of the molecule is CC(C)C1(Cc2cccc(F)c2)CCCCN1. The molecule has 1 heterocycles. The fourth-order valence-corrected chi connectivity index (χ4v) is 2.85. The zero-order chi connectivity index (χ0) is 12.3. The fraction of sp³-hybridized carbons (Fsp3) is 0.600. The normalized spacial score (nSPS) is 25.2. The number of piperidine rings is 1. The number of nitrogens with one attached hydrogen (secondary N) is 1. The van der Waals surface area contributed by atoms with Crippen molar-refractivity contribution in [3.05, 3.63) is 35.6 Å². The van der Waals surface area contributed by atoms with E-state index < -0.39 is 0 Å². The van der Waals surface area contributed by atoms with Gasteiger partial charge in [0.1, 0.15) is 5.82 Å². The molecule has 1 aromatic carbocycles. The standard InChI is InChI=1S/C15H22FN/c1-12(2)15(8-3-4-9-17-15)11-13-6-5-7-14(16)10-13/h5-7,10,12,17H,3-4,8-9,11H2,1-2H3. The van der Waals surface area contributed by atoms with Gasteiger partial charge in [-0.1, -0.05) is 32.4 Å². The Kier molecular flexibility index (Phi) is 3.82. The van der Waals surface area contributed by atoms with E-state index in [0.29, 0.717) is 5.92 Å². The minimum atomic E-state index is -0.128. The molecular formula is C15H22FN. The average Bonchev–Trinajstić information content (AvgIpc) is 2.30. The molecule has 0 spiro atoms. The van der Waals surface area contributed by atoms with Crippen LogP contribution in [0.5, 0.6) is 0 Å². The fourth-order valence-electron chi connectivity index (χ4n) is 2.85. The average molecular weight is 235 g/mol. The van der Waals surface area contributed by atoms with E-state index in [1.807, 2.05) is 12.1 Å². The van der Waals surface area contributed by atoms with Crippen molar-refractivity contribution < 1.29 is 4.39 Å². The molecule has 17 heavy (non-hydrogen) atoms. The highest BCUT2D eigenvalue weighted by Crippen LogP contribution is 2.30. The highest BCUT2D eigenvalue weighted by atomic mass is 19.1. The van der Waals surface area contributed by atoms with Crippen LogP contribution in [0.3, 0.4) is 0 Å². The van der Waals surface area contributed by atoms with Gasteiger partial charge in [0.25, 0.3) is 0 Å². The van der Waals surface area contributed by atoms with E-state index in [1.54, 1.807) is 6.07 Å². The first-order valence-corrected chi connectivity index (χ1v) is 6.62. The van der Waals surface area contributed by atoms with Crippen LogP contribution < -0.4 is 5.32 Å². The summed E-state index contributed by atoms with van der Waals surface area (Å²) in [7, 11) is 0. The van der Waals surface area contributed by atoms with Crippen LogP contribution in [0.1, 0.15) is 38.7 Å². The molecule has 0 saturated carbocycles. The molecule has 1 aliphatic heterocycles. The van der Waals surface area contributed by atoms with Gasteiger partial charge < -0.3 is 5.32 Å². The van der Waals surface area contributed by atoms with Gasteiger partial charge in [0, 0.05) is 5.54 Å². The Morgan fingerprint density at radius 2 is 2.18 bits per heavy atom. The van der Waals surface area contributed by atoms with Gasteiger partial charge in [-0.25, -0.2) is 4.39 Å². The number of rotatable bonds is 3. The molecule has 1 saturated heterocycles. The first-order valence-electron chi connectivity index (χ1n) is 6.62. The van der Waals surface area contributed by atoms with Gasteiger partial charge in [0.2, 0.25) is 0 Å². The van der Waals surface area contributed by atoms with Crippen molar-refractivity contribution in [2.24, 2.45) is 5.92 Å². The summed E-state index contributed by atoms with van der Waals surface area (Å²) >= 11 is 0. The van der Waals surface area contributed by atoms with Crippen molar-refractivity contribution in [1.82, 2.24) is 5.32 Å². The predicted molar refractivity (Wildman–Crippen MR) is 69.5 cm³/mol. The van der Waals surface area contributed by atoms with Crippen molar-refractivity contribution in [1.29, 1.82) is 0 Å². The van der Waals surface area contributed by atoms with Crippen LogP contribution in [0.25, 0.3) is 0 Å². The van der Waals surface area contributed by atoms with Gasteiger partial charge in [0.15, 0.2) is 0 Å². The lowest BCUT2D eigenvalue weighted by Gasteiger charge is -2.42. The molecular weight excluding hydrogens is 213 g/mol. The third kappa shape index (κ3) is 2.86. The molecule has 94 valence electrons. The lowest BCUT2D eigenvalue weighted by Crippen LogP contribution is -2.54. The first-order chi connectivity index (χ1) is 8.12. The minimum absolute atomic E-state index is 0.128. The van der Waals surface area contributed by atoms with Crippen LogP contribution in [-0.2, 0) is 6.42 Å². The maximum atomic E-state index is 13.2. The Labute approximate surface area is 103 Å². The molecule has 2 heteroatoms. The molecule has 1 aromatic rings. The molecule has 1 fully saturated rings. The number of halogens is 1. The molecule has 0 bridgehead atoms. The summed E-state index contributed by atoms with van der Waals surface area (Å²) in [4.78, 5) is 0. The quantitative estimate of drug-likeness (QED) is 0.845. The van der Waals surface area contributed by atoms with Crippen molar-refractivity contribution in [3.63, 3.8) is 0 Å². The van der Waals surface area contributed by atoms with Crippen LogP contribution in [-0.4, -0.2) is 12.1 Å². The van der Waals surface area contributed by atoms with Crippen LogP contribution in [0.2, 0.25) is 0 Å². The number of hydrogen-bond donors (Lipinski definition) is 1. The largest absolute Gasteiger partial charge is 0.311 e. The van der Waals surface area contributed by atoms with Crippen LogP contribution in [0.15, 0.2) is 24.3 Å². The molecule has 0 aromatic heterocycles. The van der Waals surface area contributed by atoms with Crippen LogP contribution >= 0.6 is 0 Å². The summed E-state index contributed by atoms with van der Waals surface area (Å²) in [5.74, 6) is 0.447. The Hall–Kier alpha value is -0.890. The summed E-state index contributed by atoms with van der Waals surface area (Å²) in [6, 6.07) is 7.02. The topological polar surface area (TPSA) is 12.0 Å². The maximum Gasteiger partial charge on any atom is 0.123 e. The van der Waals surface area contributed by atoms with Crippen molar-refractivity contribution in [2.75, 3.05) is 6.54 Å². The van der Waals surface area contributed by atoms with Gasteiger partial charge in [-0.05, 0) is 49.4 Å².